The lowest BCUT2D eigenvalue weighted by Gasteiger charge is -2.17. The van der Waals surface area contributed by atoms with Crippen LogP contribution in [0.3, 0.4) is 0 Å². The van der Waals surface area contributed by atoms with Crippen LogP contribution in [0.25, 0.3) is 0 Å². The van der Waals surface area contributed by atoms with Gasteiger partial charge in [-0.25, -0.2) is 0 Å². The zero-order valence-corrected chi connectivity index (χ0v) is 11.4. The van der Waals surface area contributed by atoms with E-state index in [1.54, 1.807) is 0 Å². The van der Waals surface area contributed by atoms with Crippen molar-refractivity contribution in [3.8, 4) is 0 Å². The Morgan fingerprint density at radius 3 is 2.72 bits per heavy atom. The number of nitrogens with zero attached hydrogens (tertiary/aromatic N) is 1. The number of esters is 1. The minimum Gasteiger partial charge on any atom is -0.469 e. The smallest absolute Gasteiger partial charge is 0.310 e. The van der Waals surface area contributed by atoms with Crippen LogP contribution in [0.2, 0.25) is 0 Å². The van der Waals surface area contributed by atoms with Crippen LogP contribution < -0.4 is 10.6 Å². The molecule has 1 aliphatic carbocycles. The fourth-order valence-corrected chi connectivity index (χ4v) is 1.75. The monoisotopic (exact) mass is 253 g/mol. The highest BCUT2D eigenvalue weighted by Crippen LogP contribution is 2.08. The molecule has 0 spiro atoms. The molecule has 0 fully saturated rings. The van der Waals surface area contributed by atoms with Crippen LogP contribution in [-0.4, -0.2) is 38.2 Å². The molecule has 0 radical (unpaired) electrons. The Balaban J connectivity index is 2.46. The van der Waals surface area contributed by atoms with Crippen LogP contribution in [0.15, 0.2) is 17.1 Å². The molecule has 0 saturated heterocycles. The zero-order chi connectivity index (χ0) is 13.4. The first-order chi connectivity index (χ1) is 8.67. The summed E-state index contributed by atoms with van der Waals surface area (Å²) in [5.74, 6) is 0.325. The molecule has 1 rings (SSSR count). The lowest BCUT2D eigenvalue weighted by Crippen LogP contribution is -2.42. The Kier molecular flexibility index (Phi) is 6.25. The van der Waals surface area contributed by atoms with Gasteiger partial charge in [-0.15, -0.1) is 0 Å². The molecule has 1 aliphatic rings. The number of aliphatic imine (C=N–C) groups is 1. The summed E-state index contributed by atoms with van der Waals surface area (Å²) in [7, 11) is 1.40. The van der Waals surface area contributed by atoms with Gasteiger partial charge in [-0.2, -0.15) is 0 Å². The van der Waals surface area contributed by atoms with Crippen LogP contribution in [0.1, 0.15) is 26.7 Å². The fourth-order valence-electron chi connectivity index (χ4n) is 1.75. The number of hydrogen-bond donors (Lipinski definition) is 2. The quantitative estimate of drug-likeness (QED) is 0.333. The third-order valence-corrected chi connectivity index (χ3v) is 2.82. The molecule has 0 bridgehead atoms. The van der Waals surface area contributed by atoms with Gasteiger partial charge in [0.05, 0.1) is 19.6 Å². The van der Waals surface area contributed by atoms with Crippen molar-refractivity contribution in [3.05, 3.63) is 12.2 Å². The topological polar surface area (TPSA) is 62.7 Å². The standard InChI is InChI=1S/C13H23N3O2/c1-4-14-13(16-11-7-5-6-8-11)15-9-10(2)12(17)18-3/h5-6,10-11H,4,7-9H2,1-3H3,(H2,14,15,16). The van der Waals surface area contributed by atoms with Crippen LogP contribution in [-0.2, 0) is 9.53 Å². The van der Waals surface area contributed by atoms with E-state index in [0.717, 1.165) is 25.3 Å². The van der Waals surface area contributed by atoms with Crippen molar-refractivity contribution in [2.75, 3.05) is 20.2 Å². The predicted octanol–water partition coefficient (Wildman–Crippen LogP) is 1.07. The van der Waals surface area contributed by atoms with Gasteiger partial charge in [0.15, 0.2) is 5.96 Å². The average molecular weight is 253 g/mol. The van der Waals surface area contributed by atoms with Crippen molar-refractivity contribution in [2.45, 2.75) is 32.7 Å². The number of rotatable bonds is 5. The van der Waals surface area contributed by atoms with Crippen molar-refractivity contribution in [3.63, 3.8) is 0 Å². The van der Waals surface area contributed by atoms with Gasteiger partial charge in [-0.1, -0.05) is 19.1 Å². The number of hydrogen-bond acceptors (Lipinski definition) is 3. The Hall–Kier alpha value is -1.52. The number of methoxy groups -OCH3 is 1. The van der Waals surface area contributed by atoms with E-state index in [1.165, 1.54) is 7.11 Å². The summed E-state index contributed by atoms with van der Waals surface area (Å²) in [6, 6.07) is 0.413. The molecule has 0 aromatic carbocycles. The minimum absolute atomic E-state index is 0.216. The van der Waals surface area contributed by atoms with Gasteiger partial charge < -0.3 is 15.4 Å². The maximum absolute atomic E-state index is 11.3. The van der Waals surface area contributed by atoms with Crippen molar-refractivity contribution in [2.24, 2.45) is 10.9 Å². The molecule has 18 heavy (non-hydrogen) atoms. The summed E-state index contributed by atoms with van der Waals surface area (Å²) < 4.78 is 4.68. The molecule has 0 heterocycles. The van der Waals surface area contributed by atoms with Gasteiger partial charge in [0.25, 0.3) is 0 Å². The van der Waals surface area contributed by atoms with E-state index in [1.807, 2.05) is 13.8 Å². The number of nitrogens with one attached hydrogen (secondary N) is 2. The molecule has 5 nitrogen and oxygen atoms in total. The Labute approximate surface area is 109 Å². The normalized spacial score (nSPS) is 17.6. The first-order valence-corrected chi connectivity index (χ1v) is 6.45. The van der Waals surface area contributed by atoms with Gasteiger partial charge in [0.1, 0.15) is 0 Å². The maximum atomic E-state index is 11.3. The highest BCUT2D eigenvalue weighted by Gasteiger charge is 2.14. The third-order valence-electron chi connectivity index (χ3n) is 2.82. The molecule has 0 aliphatic heterocycles. The van der Waals surface area contributed by atoms with E-state index in [0.29, 0.717) is 12.6 Å². The lowest BCUT2D eigenvalue weighted by molar-refractivity contribution is -0.144. The molecular formula is C13H23N3O2. The number of ether oxygens (including phenoxy) is 1. The van der Waals surface area contributed by atoms with Gasteiger partial charge >= 0.3 is 5.97 Å². The van der Waals surface area contributed by atoms with Crippen molar-refractivity contribution in [1.82, 2.24) is 10.6 Å². The van der Waals surface area contributed by atoms with Gasteiger partial charge in [-0.3, -0.25) is 9.79 Å². The van der Waals surface area contributed by atoms with E-state index >= 15 is 0 Å². The van der Waals surface area contributed by atoms with Crippen molar-refractivity contribution < 1.29 is 9.53 Å². The number of carbonyl (C=O) groups excluding carboxylic acids is 1. The number of guanidine groups is 1. The van der Waals surface area contributed by atoms with Gasteiger partial charge in [0, 0.05) is 12.6 Å². The molecule has 0 amide bonds. The highest BCUT2D eigenvalue weighted by molar-refractivity contribution is 5.80. The van der Waals surface area contributed by atoms with Crippen LogP contribution in [0.5, 0.6) is 0 Å². The largest absolute Gasteiger partial charge is 0.469 e. The molecule has 0 aromatic rings. The van der Waals surface area contributed by atoms with E-state index in [4.69, 9.17) is 0 Å². The van der Waals surface area contributed by atoms with Crippen LogP contribution >= 0.6 is 0 Å². The van der Waals surface area contributed by atoms with Gasteiger partial charge in [0.2, 0.25) is 0 Å². The Bertz CT molecular complexity index is 318. The van der Waals surface area contributed by atoms with Gasteiger partial charge in [-0.05, 0) is 19.8 Å². The molecule has 0 aromatic heterocycles. The summed E-state index contributed by atoms with van der Waals surface area (Å²) in [6.07, 6.45) is 6.38. The Morgan fingerprint density at radius 2 is 2.17 bits per heavy atom. The first-order valence-electron chi connectivity index (χ1n) is 6.45. The molecule has 0 saturated carbocycles. The first kappa shape index (κ1) is 14.5. The summed E-state index contributed by atoms with van der Waals surface area (Å²) >= 11 is 0. The third kappa shape index (κ3) is 4.77. The van der Waals surface area contributed by atoms with Crippen molar-refractivity contribution >= 4 is 11.9 Å². The van der Waals surface area contributed by atoms with Crippen LogP contribution in [0, 0.1) is 5.92 Å². The lowest BCUT2D eigenvalue weighted by atomic mass is 10.2. The SMILES string of the molecule is CCNC(=NCC(C)C(=O)OC)NC1CC=CC1. The second kappa shape index (κ2) is 7.74. The molecule has 1 atom stereocenters. The highest BCUT2D eigenvalue weighted by atomic mass is 16.5. The summed E-state index contributed by atoms with van der Waals surface area (Å²) in [5.41, 5.74) is 0. The van der Waals surface area contributed by atoms with Crippen molar-refractivity contribution in [1.29, 1.82) is 0 Å². The molecular weight excluding hydrogens is 230 g/mol. The van der Waals surface area contributed by atoms with E-state index in [-0.39, 0.29) is 11.9 Å². The summed E-state index contributed by atoms with van der Waals surface area (Å²) in [6.45, 7) is 5.07. The maximum Gasteiger partial charge on any atom is 0.310 e. The van der Waals surface area contributed by atoms with E-state index < -0.39 is 0 Å². The fraction of sp³-hybridized carbons (Fsp3) is 0.692. The summed E-state index contributed by atoms with van der Waals surface area (Å²) in [5, 5.41) is 6.53. The zero-order valence-electron chi connectivity index (χ0n) is 11.4. The second-order valence-corrected chi connectivity index (χ2v) is 4.43. The van der Waals surface area contributed by atoms with E-state index in [9.17, 15) is 4.79 Å². The van der Waals surface area contributed by atoms with Crippen LogP contribution in [0.4, 0.5) is 0 Å². The number of carbonyl (C=O) groups is 1. The Morgan fingerprint density at radius 1 is 1.50 bits per heavy atom. The molecule has 2 N–H and O–H groups in total. The second-order valence-electron chi connectivity index (χ2n) is 4.43. The molecule has 1 unspecified atom stereocenters. The predicted molar refractivity (Wildman–Crippen MR) is 72.5 cm³/mol. The summed E-state index contributed by atoms with van der Waals surface area (Å²) in [4.78, 5) is 15.7. The minimum atomic E-state index is -0.225. The van der Waals surface area contributed by atoms with E-state index in [2.05, 4.69) is 32.5 Å². The molecule has 102 valence electrons. The average Bonchev–Trinajstić information content (AvgIpc) is 2.87. The molecule has 5 heteroatoms.